The average Bonchev–Trinajstić information content (AvgIpc) is 2.38. The normalized spacial score (nSPS) is 20.6. The number of hydrogen-bond donors (Lipinski definition) is 1. The van der Waals surface area contributed by atoms with Crippen LogP contribution in [0.15, 0.2) is 24.3 Å². The molecule has 0 bridgehead atoms. The van der Waals surface area contributed by atoms with Crippen molar-refractivity contribution in [3.05, 3.63) is 29.8 Å². The van der Waals surface area contributed by atoms with Crippen LogP contribution >= 0.6 is 0 Å². The minimum atomic E-state index is -0.158. The van der Waals surface area contributed by atoms with E-state index >= 15 is 0 Å². The second kappa shape index (κ2) is 5.87. The number of esters is 1. The fourth-order valence-corrected chi connectivity index (χ4v) is 2.47. The SMILES string of the molecule is COC(=O)[C@H]1CCCCN1Cc1cccc(O)c1. The molecule has 2 rings (SSSR count). The molecule has 4 nitrogen and oxygen atoms in total. The average molecular weight is 249 g/mol. The van der Waals surface area contributed by atoms with Gasteiger partial charge >= 0.3 is 5.97 Å². The van der Waals surface area contributed by atoms with Crippen LogP contribution in [0, 0.1) is 0 Å². The van der Waals surface area contributed by atoms with Gasteiger partial charge in [0.1, 0.15) is 11.8 Å². The summed E-state index contributed by atoms with van der Waals surface area (Å²) in [6, 6.07) is 7.02. The van der Waals surface area contributed by atoms with Crippen LogP contribution in [-0.4, -0.2) is 35.7 Å². The first-order chi connectivity index (χ1) is 8.70. The summed E-state index contributed by atoms with van der Waals surface area (Å²) in [5, 5.41) is 9.45. The van der Waals surface area contributed by atoms with Gasteiger partial charge in [0, 0.05) is 6.54 Å². The van der Waals surface area contributed by atoms with E-state index < -0.39 is 0 Å². The summed E-state index contributed by atoms with van der Waals surface area (Å²) >= 11 is 0. The Labute approximate surface area is 107 Å². The summed E-state index contributed by atoms with van der Waals surface area (Å²) in [7, 11) is 1.43. The lowest BCUT2D eigenvalue weighted by atomic mass is 10.0. The van der Waals surface area contributed by atoms with Gasteiger partial charge in [-0.1, -0.05) is 18.6 Å². The monoisotopic (exact) mass is 249 g/mol. The smallest absolute Gasteiger partial charge is 0.323 e. The van der Waals surface area contributed by atoms with Crippen LogP contribution in [-0.2, 0) is 16.1 Å². The summed E-state index contributed by atoms with van der Waals surface area (Å²) in [5.41, 5.74) is 1.02. The Balaban J connectivity index is 2.07. The van der Waals surface area contributed by atoms with Gasteiger partial charge in [-0.25, -0.2) is 0 Å². The van der Waals surface area contributed by atoms with Gasteiger partial charge in [-0.2, -0.15) is 0 Å². The van der Waals surface area contributed by atoms with Crippen LogP contribution in [0.3, 0.4) is 0 Å². The Kier molecular flexibility index (Phi) is 4.20. The van der Waals surface area contributed by atoms with Crippen molar-refractivity contribution >= 4 is 5.97 Å². The van der Waals surface area contributed by atoms with Crippen molar-refractivity contribution in [2.45, 2.75) is 31.8 Å². The Morgan fingerprint density at radius 3 is 3.06 bits per heavy atom. The number of rotatable bonds is 3. The minimum Gasteiger partial charge on any atom is -0.508 e. The first kappa shape index (κ1) is 12.9. The van der Waals surface area contributed by atoms with Crippen molar-refractivity contribution < 1.29 is 14.6 Å². The van der Waals surface area contributed by atoms with E-state index in [1.165, 1.54) is 7.11 Å². The number of hydrogen-bond acceptors (Lipinski definition) is 4. The van der Waals surface area contributed by atoms with Crippen LogP contribution in [0.4, 0.5) is 0 Å². The van der Waals surface area contributed by atoms with Crippen LogP contribution in [0.25, 0.3) is 0 Å². The highest BCUT2D eigenvalue weighted by molar-refractivity contribution is 5.75. The van der Waals surface area contributed by atoms with Crippen molar-refractivity contribution in [3.63, 3.8) is 0 Å². The molecule has 0 spiro atoms. The molecule has 98 valence electrons. The third-order valence-corrected chi connectivity index (χ3v) is 3.38. The van der Waals surface area contributed by atoms with E-state index in [0.29, 0.717) is 6.54 Å². The third kappa shape index (κ3) is 3.01. The topological polar surface area (TPSA) is 49.8 Å². The molecule has 1 aromatic carbocycles. The number of carbonyl (C=O) groups is 1. The highest BCUT2D eigenvalue weighted by Crippen LogP contribution is 2.21. The Morgan fingerprint density at radius 1 is 1.50 bits per heavy atom. The second-order valence-electron chi connectivity index (χ2n) is 4.68. The van der Waals surface area contributed by atoms with E-state index in [-0.39, 0.29) is 17.8 Å². The number of piperidine rings is 1. The van der Waals surface area contributed by atoms with Crippen LogP contribution in [0.2, 0.25) is 0 Å². The molecule has 18 heavy (non-hydrogen) atoms. The largest absolute Gasteiger partial charge is 0.508 e. The fourth-order valence-electron chi connectivity index (χ4n) is 2.47. The molecule has 0 saturated carbocycles. The standard InChI is InChI=1S/C14H19NO3/c1-18-14(17)13-7-2-3-8-15(13)10-11-5-4-6-12(16)9-11/h4-6,9,13,16H,2-3,7-8,10H2,1H3/t13-/m1/s1. The number of carbonyl (C=O) groups excluding carboxylic acids is 1. The Morgan fingerprint density at radius 2 is 2.33 bits per heavy atom. The van der Waals surface area contributed by atoms with Gasteiger partial charge in [-0.3, -0.25) is 9.69 Å². The number of aromatic hydroxyl groups is 1. The van der Waals surface area contributed by atoms with Gasteiger partial charge in [-0.05, 0) is 37.1 Å². The predicted molar refractivity (Wildman–Crippen MR) is 68.2 cm³/mol. The van der Waals surface area contributed by atoms with Crippen molar-refractivity contribution in [3.8, 4) is 5.75 Å². The molecule has 0 amide bonds. The summed E-state index contributed by atoms with van der Waals surface area (Å²) in [5.74, 6) is 0.106. The molecule has 1 fully saturated rings. The molecule has 0 aliphatic carbocycles. The van der Waals surface area contributed by atoms with Crippen molar-refractivity contribution in [2.24, 2.45) is 0 Å². The van der Waals surface area contributed by atoms with Crippen molar-refractivity contribution in [1.29, 1.82) is 0 Å². The first-order valence-corrected chi connectivity index (χ1v) is 6.30. The van der Waals surface area contributed by atoms with E-state index in [2.05, 4.69) is 4.90 Å². The summed E-state index contributed by atoms with van der Waals surface area (Å²) in [4.78, 5) is 13.9. The third-order valence-electron chi connectivity index (χ3n) is 3.38. The Hall–Kier alpha value is -1.55. The van der Waals surface area contributed by atoms with E-state index in [1.807, 2.05) is 12.1 Å². The second-order valence-corrected chi connectivity index (χ2v) is 4.68. The zero-order valence-electron chi connectivity index (χ0n) is 10.6. The van der Waals surface area contributed by atoms with Crippen LogP contribution < -0.4 is 0 Å². The number of benzene rings is 1. The summed E-state index contributed by atoms with van der Waals surface area (Å²) in [6.45, 7) is 1.57. The molecule has 1 heterocycles. The van der Waals surface area contributed by atoms with E-state index in [9.17, 15) is 9.90 Å². The van der Waals surface area contributed by atoms with Crippen molar-refractivity contribution in [1.82, 2.24) is 4.90 Å². The number of likely N-dealkylation sites (tertiary alicyclic amines) is 1. The molecule has 1 saturated heterocycles. The highest BCUT2D eigenvalue weighted by Gasteiger charge is 2.29. The maximum atomic E-state index is 11.7. The molecule has 1 atom stereocenters. The molecule has 4 heteroatoms. The van der Waals surface area contributed by atoms with Gasteiger partial charge in [-0.15, -0.1) is 0 Å². The Bertz CT molecular complexity index is 419. The van der Waals surface area contributed by atoms with Gasteiger partial charge < -0.3 is 9.84 Å². The highest BCUT2D eigenvalue weighted by atomic mass is 16.5. The number of ether oxygens (including phenoxy) is 1. The van der Waals surface area contributed by atoms with Crippen LogP contribution in [0.1, 0.15) is 24.8 Å². The summed E-state index contributed by atoms with van der Waals surface area (Å²) < 4.78 is 4.85. The molecule has 0 radical (unpaired) electrons. The number of nitrogens with zero attached hydrogens (tertiary/aromatic N) is 1. The van der Waals surface area contributed by atoms with Crippen molar-refractivity contribution in [2.75, 3.05) is 13.7 Å². The predicted octanol–water partition coefficient (Wildman–Crippen LogP) is 1.92. The molecule has 1 aliphatic heterocycles. The zero-order chi connectivity index (χ0) is 13.0. The molecular formula is C14H19NO3. The molecule has 0 unspecified atom stereocenters. The maximum Gasteiger partial charge on any atom is 0.323 e. The molecule has 1 N–H and O–H groups in total. The number of phenolic OH excluding ortho intramolecular Hbond substituents is 1. The van der Waals surface area contributed by atoms with E-state index in [0.717, 1.165) is 31.4 Å². The molecule has 1 aliphatic rings. The number of phenols is 1. The lowest BCUT2D eigenvalue weighted by Gasteiger charge is -2.33. The zero-order valence-corrected chi connectivity index (χ0v) is 10.6. The van der Waals surface area contributed by atoms with Gasteiger partial charge in [0.25, 0.3) is 0 Å². The fraction of sp³-hybridized carbons (Fsp3) is 0.500. The number of methoxy groups -OCH3 is 1. The molecule has 0 aromatic heterocycles. The maximum absolute atomic E-state index is 11.7. The van der Waals surface area contributed by atoms with E-state index in [1.54, 1.807) is 12.1 Å². The quantitative estimate of drug-likeness (QED) is 0.831. The lowest BCUT2D eigenvalue weighted by molar-refractivity contribution is -0.148. The summed E-state index contributed by atoms with van der Waals surface area (Å²) in [6.07, 6.45) is 3.02. The van der Waals surface area contributed by atoms with Gasteiger partial charge in [0.15, 0.2) is 0 Å². The molecule has 1 aromatic rings. The van der Waals surface area contributed by atoms with Crippen LogP contribution in [0.5, 0.6) is 5.75 Å². The van der Waals surface area contributed by atoms with E-state index in [4.69, 9.17) is 4.74 Å². The molecular weight excluding hydrogens is 230 g/mol. The lowest BCUT2D eigenvalue weighted by Crippen LogP contribution is -2.44. The minimum absolute atomic E-state index is 0.147. The first-order valence-electron chi connectivity index (χ1n) is 6.30. The van der Waals surface area contributed by atoms with Gasteiger partial charge in [0.05, 0.1) is 7.11 Å². The van der Waals surface area contributed by atoms with Gasteiger partial charge in [0.2, 0.25) is 0 Å².